The third-order valence-electron chi connectivity index (χ3n) is 2.08. The maximum absolute atomic E-state index is 10.8. The molecule has 1 rings (SSSR count). The van der Waals surface area contributed by atoms with Crippen LogP contribution in [0, 0.1) is 6.92 Å². The van der Waals surface area contributed by atoms with Gasteiger partial charge in [0.25, 0.3) is 0 Å². The van der Waals surface area contributed by atoms with E-state index in [0.29, 0.717) is 18.6 Å². The topological polar surface area (TPSA) is 67.5 Å². The minimum Gasteiger partial charge on any atom is -0.464 e. The minimum atomic E-state index is -2.94. The van der Waals surface area contributed by atoms with Crippen molar-refractivity contribution in [3.05, 3.63) is 23.7 Å². The summed E-state index contributed by atoms with van der Waals surface area (Å²) in [5.74, 6) is 1.34. The van der Waals surface area contributed by atoms with E-state index in [4.69, 9.17) is 4.42 Å². The SMILES string of the molecule is Cc1ccc(C(O)CCCS(C)(=O)=O)o1. The molecule has 0 aliphatic heterocycles. The summed E-state index contributed by atoms with van der Waals surface area (Å²) >= 11 is 0. The number of rotatable bonds is 5. The Hall–Kier alpha value is -0.810. The quantitative estimate of drug-likeness (QED) is 0.834. The Morgan fingerprint density at radius 3 is 2.60 bits per heavy atom. The average Bonchev–Trinajstić information content (AvgIpc) is 2.49. The molecule has 0 aromatic carbocycles. The van der Waals surface area contributed by atoms with E-state index in [1.807, 2.05) is 0 Å². The summed E-state index contributed by atoms with van der Waals surface area (Å²) in [6.07, 6.45) is 1.33. The predicted molar refractivity (Wildman–Crippen MR) is 57.3 cm³/mol. The summed E-state index contributed by atoms with van der Waals surface area (Å²) in [5, 5.41) is 9.64. The molecule has 1 N–H and O–H groups in total. The van der Waals surface area contributed by atoms with Crippen LogP contribution in [0.3, 0.4) is 0 Å². The van der Waals surface area contributed by atoms with Crippen molar-refractivity contribution in [3.8, 4) is 0 Å². The van der Waals surface area contributed by atoms with Gasteiger partial charge in [-0.2, -0.15) is 0 Å². The third kappa shape index (κ3) is 4.48. The molecule has 0 spiro atoms. The number of sulfone groups is 1. The molecule has 0 aliphatic carbocycles. The van der Waals surface area contributed by atoms with Crippen LogP contribution in [0.15, 0.2) is 16.5 Å². The lowest BCUT2D eigenvalue weighted by molar-refractivity contribution is 0.138. The Kier molecular flexibility index (Phi) is 3.93. The second-order valence-corrected chi connectivity index (χ2v) is 6.00. The molecule has 4 nitrogen and oxygen atoms in total. The van der Waals surface area contributed by atoms with Gasteiger partial charge in [-0.25, -0.2) is 8.42 Å². The van der Waals surface area contributed by atoms with E-state index in [2.05, 4.69) is 0 Å². The Bertz CT molecular complexity index is 405. The Morgan fingerprint density at radius 2 is 2.13 bits per heavy atom. The van der Waals surface area contributed by atoms with Crippen LogP contribution in [0.1, 0.15) is 30.5 Å². The molecule has 1 atom stereocenters. The van der Waals surface area contributed by atoms with E-state index in [1.165, 1.54) is 6.26 Å². The molecule has 15 heavy (non-hydrogen) atoms. The lowest BCUT2D eigenvalue weighted by atomic mass is 10.2. The van der Waals surface area contributed by atoms with Gasteiger partial charge in [-0.1, -0.05) is 0 Å². The molecular formula is C10H16O4S. The van der Waals surface area contributed by atoms with E-state index in [9.17, 15) is 13.5 Å². The first kappa shape index (κ1) is 12.3. The predicted octanol–water partition coefficient (Wildman–Crippen LogP) is 1.45. The van der Waals surface area contributed by atoms with E-state index in [0.717, 1.165) is 5.76 Å². The number of hydrogen-bond donors (Lipinski definition) is 1. The number of aryl methyl sites for hydroxylation is 1. The van der Waals surface area contributed by atoms with Crippen molar-refractivity contribution in [1.29, 1.82) is 0 Å². The van der Waals surface area contributed by atoms with Crippen LogP contribution < -0.4 is 0 Å². The van der Waals surface area contributed by atoms with Crippen LogP contribution in [0.2, 0.25) is 0 Å². The van der Waals surface area contributed by atoms with E-state index in [1.54, 1.807) is 19.1 Å². The second kappa shape index (κ2) is 4.81. The normalized spacial score (nSPS) is 14.1. The first-order valence-corrected chi connectivity index (χ1v) is 6.86. The van der Waals surface area contributed by atoms with E-state index < -0.39 is 15.9 Å². The molecular weight excluding hydrogens is 216 g/mol. The molecule has 0 saturated carbocycles. The lowest BCUT2D eigenvalue weighted by Gasteiger charge is -2.06. The standard InChI is InChI=1S/C10H16O4S/c1-8-5-6-10(14-8)9(11)4-3-7-15(2,12)13/h5-6,9,11H,3-4,7H2,1-2H3. The first-order chi connectivity index (χ1) is 6.88. The Balaban J connectivity index is 2.40. The second-order valence-electron chi connectivity index (χ2n) is 3.74. The van der Waals surface area contributed by atoms with Crippen LogP contribution in [0.4, 0.5) is 0 Å². The summed E-state index contributed by atoms with van der Waals surface area (Å²) in [6, 6.07) is 3.48. The van der Waals surface area contributed by atoms with Gasteiger partial charge in [0.2, 0.25) is 0 Å². The molecule has 0 aliphatic rings. The monoisotopic (exact) mass is 232 g/mol. The van der Waals surface area contributed by atoms with Gasteiger partial charge in [-0.3, -0.25) is 0 Å². The molecule has 86 valence electrons. The summed E-state index contributed by atoms with van der Waals surface area (Å²) < 4.78 is 26.9. The van der Waals surface area contributed by atoms with Crippen molar-refractivity contribution in [2.75, 3.05) is 12.0 Å². The van der Waals surface area contributed by atoms with Gasteiger partial charge in [0.1, 0.15) is 27.5 Å². The molecule has 1 heterocycles. The molecule has 1 aromatic rings. The maximum atomic E-state index is 10.8. The zero-order chi connectivity index (χ0) is 11.5. The van der Waals surface area contributed by atoms with Crippen LogP contribution in [0.5, 0.6) is 0 Å². The van der Waals surface area contributed by atoms with Crippen LogP contribution in [-0.4, -0.2) is 25.5 Å². The van der Waals surface area contributed by atoms with Gasteiger partial charge in [-0.05, 0) is 31.9 Å². The fourth-order valence-corrected chi connectivity index (χ4v) is 2.00. The summed E-state index contributed by atoms with van der Waals surface area (Å²) in [5.41, 5.74) is 0. The van der Waals surface area contributed by atoms with Crippen molar-refractivity contribution in [3.63, 3.8) is 0 Å². The highest BCUT2D eigenvalue weighted by molar-refractivity contribution is 7.90. The highest BCUT2D eigenvalue weighted by atomic mass is 32.2. The van der Waals surface area contributed by atoms with Crippen LogP contribution in [-0.2, 0) is 9.84 Å². The molecule has 0 amide bonds. The van der Waals surface area contributed by atoms with E-state index in [-0.39, 0.29) is 5.75 Å². The molecule has 0 saturated heterocycles. The van der Waals surface area contributed by atoms with Gasteiger partial charge in [0.05, 0.1) is 0 Å². The van der Waals surface area contributed by atoms with Crippen molar-refractivity contribution < 1.29 is 17.9 Å². The molecule has 1 unspecified atom stereocenters. The largest absolute Gasteiger partial charge is 0.464 e. The fourth-order valence-electron chi connectivity index (χ4n) is 1.31. The van der Waals surface area contributed by atoms with Crippen molar-refractivity contribution in [2.45, 2.75) is 25.9 Å². The lowest BCUT2D eigenvalue weighted by Crippen LogP contribution is -2.05. The summed E-state index contributed by atoms with van der Waals surface area (Å²) in [6.45, 7) is 1.80. The van der Waals surface area contributed by atoms with Crippen molar-refractivity contribution in [1.82, 2.24) is 0 Å². The van der Waals surface area contributed by atoms with Gasteiger partial charge in [0, 0.05) is 12.0 Å². The van der Waals surface area contributed by atoms with Gasteiger partial charge >= 0.3 is 0 Å². The zero-order valence-electron chi connectivity index (χ0n) is 8.93. The van der Waals surface area contributed by atoms with E-state index >= 15 is 0 Å². The third-order valence-corrected chi connectivity index (χ3v) is 3.11. The molecule has 1 aromatic heterocycles. The van der Waals surface area contributed by atoms with Crippen molar-refractivity contribution >= 4 is 9.84 Å². The molecule has 0 bridgehead atoms. The zero-order valence-corrected chi connectivity index (χ0v) is 9.75. The number of aliphatic hydroxyl groups excluding tert-OH is 1. The first-order valence-electron chi connectivity index (χ1n) is 4.80. The number of aliphatic hydroxyl groups is 1. The summed E-state index contributed by atoms with van der Waals surface area (Å²) in [7, 11) is -2.94. The van der Waals surface area contributed by atoms with Crippen LogP contribution >= 0.6 is 0 Å². The minimum absolute atomic E-state index is 0.101. The Labute approximate surface area is 89.8 Å². The highest BCUT2D eigenvalue weighted by Gasteiger charge is 2.12. The average molecular weight is 232 g/mol. The summed E-state index contributed by atoms with van der Waals surface area (Å²) in [4.78, 5) is 0. The van der Waals surface area contributed by atoms with Gasteiger partial charge < -0.3 is 9.52 Å². The van der Waals surface area contributed by atoms with Gasteiger partial charge in [-0.15, -0.1) is 0 Å². The van der Waals surface area contributed by atoms with Gasteiger partial charge in [0.15, 0.2) is 0 Å². The highest BCUT2D eigenvalue weighted by Crippen LogP contribution is 2.20. The smallest absolute Gasteiger partial charge is 0.147 e. The molecule has 0 fully saturated rings. The molecule has 0 radical (unpaired) electrons. The molecule has 5 heteroatoms. The Morgan fingerprint density at radius 1 is 1.47 bits per heavy atom. The number of furan rings is 1. The fraction of sp³-hybridized carbons (Fsp3) is 0.600. The van der Waals surface area contributed by atoms with Crippen molar-refractivity contribution in [2.24, 2.45) is 0 Å². The van der Waals surface area contributed by atoms with Crippen LogP contribution in [0.25, 0.3) is 0 Å². The maximum Gasteiger partial charge on any atom is 0.147 e. The number of hydrogen-bond acceptors (Lipinski definition) is 4.